The maximum Gasteiger partial charge on any atom is 0.218 e. The molecule has 19 heavy (non-hydrogen) atoms. The van der Waals surface area contributed by atoms with Crippen LogP contribution >= 0.6 is 0 Å². The lowest BCUT2D eigenvalue weighted by Crippen LogP contribution is -2.04. The molecule has 0 radical (unpaired) electrons. The fourth-order valence-corrected chi connectivity index (χ4v) is 1.58. The van der Waals surface area contributed by atoms with Crippen molar-refractivity contribution in [3.63, 3.8) is 0 Å². The van der Waals surface area contributed by atoms with Gasteiger partial charge in [-0.15, -0.1) is 0 Å². The molecule has 0 aliphatic heterocycles. The molecule has 0 atom stereocenters. The molecule has 0 amide bonds. The van der Waals surface area contributed by atoms with Gasteiger partial charge in [-0.2, -0.15) is 4.98 Å². The van der Waals surface area contributed by atoms with Gasteiger partial charge in [0, 0.05) is 12.6 Å². The first-order valence-corrected chi connectivity index (χ1v) is 5.66. The highest BCUT2D eigenvalue weighted by atomic mass is 19.2. The fraction of sp³-hybridized carbons (Fsp3) is 0.231. The number of anilines is 1. The molecule has 4 nitrogen and oxygen atoms in total. The van der Waals surface area contributed by atoms with E-state index in [0.29, 0.717) is 29.6 Å². The van der Waals surface area contributed by atoms with Crippen LogP contribution in [-0.2, 0) is 6.54 Å². The van der Waals surface area contributed by atoms with Crippen molar-refractivity contribution in [2.24, 2.45) is 0 Å². The number of methoxy groups -OCH3 is 1. The standard InChI is InChI=1S/C13H13F2N3O/c1-8-17-12(6-13(18-8)19-2)16-7-9-3-4-10(14)11(15)5-9/h3-6H,7H2,1-2H3,(H,16,17,18). The number of hydrogen-bond acceptors (Lipinski definition) is 4. The van der Waals surface area contributed by atoms with Crippen molar-refractivity contribution in [2.45, 2.75) is 13.5 Å². The quantitative estimate of drug-likeness (QED) is 0.923. The van der Waals surface area contributed by atoms with Crippen molar-refractivity contribution in [3.8, 4) is 5.88 Å². The Balaban J connectivity index is 2.09. The molecule has 2 rings (SSSR count). The summed E-state index contributed by atoms with van der Waals surface area (Å²) in [6.45, 7) is 2.07. The van der Waals surface area contributed by atoms with Crippen LogP contribution in [0.1, 0.15) is 11.4 Å². The zero-order valence-corrected chi connectivity index (χ0v) is 10.6. The van der Waals surface area contributed by atoms with Crippen LogP contribution in [0.15, 0.2) is 24.3 Å². The van der Waals surface area contributed by atoms with Gasteiger partial charge in [0.1, 0.15) is 11.6 Å². The summed E-state index contributed by atoms with van der Waals surface area (Å²) >= 11 is 0. The number of ether oxygens (including phenoxy) is 1. The molecule has 0 saturated heterocycles. The van der Waals surface area contributed by atoms with E-state index < -0.39 is 11.6 Å². The third-order valence-corrected chi connectivity index (χ3v) is 2.48. The lowest BCUT2D eigenvalue weighted by molar-refractivity contribution is 0.396. The topological polar surface area (TPSA) is 47.0 Å². The molecule has 0 aliphatic carbocycles. The Morgan fingerprint density at radius 2 is 1.95 bits per heavy atom. The Morgan fingerprint density at radius 1 is 1.16 bits per heavy atom. The number of rotatable bonds is 4. The normalized spacial score (nSPS) is 10.3. The minimum absolute atomic E-state index is 0.330. The molecular formula is C13H13F2N3O. The maximum absolute atomic E-state index is 13.0. The second-order valence-electron chi connectivity index (χ2n) is 3.94. The van der Waals surface area contributed by atoms with Crippen LogP contribution in [0.4, 0.5) is 14.6 Å². The van der Waals surface area contributed by atoms with Gasteiger partial charge < -0.3 is 10.1 Å². The van der Waals surface area contributed by atoms with Gasteiger partial charge in [-0.3, -0.25) is 0 Å². The van der Waals surface area contributed by atoms with E-state index in [0.717, 1.165) is 12.1 Å². The Bertz CT molecular complexity index is 590. The SMILES string of the molecule is COc1cc(NCc2ccc(F)c(F)c2)nc(C)n1. The monoisotopic (exact) mass is 265 g/mol. The van der Waals surface area contributed by atoms with E-state index in [-0.39, 0.29) is 0 Å². The van der Waals surface area contributed by atoms with Crippen molar-refractivity contribution in [3.05, 3.63) is 47.3 Å². The van der Waals surface area contributed by atoms with Crippen molar-refractivity contribution in [1.29, 1.82) is 0 Å². The molecule has 1 heterocycles. The van der Waals surface area contributed by atoms with Gasteiger partial charge in [0.15, 0.2) is 11.6 Å². The first-order chi connectivity index (χ1) is 9.08. The molecule has 1 aromatic carbocycles. The van der Waals surface area contributed by atoms with Crippen molar-refractivity contribution in [2.75, 3.05) is 12.4 Å². The molecule has 100 valence electrons. The minimum Gasteiger partial charge on any atom is -0.481 e. The summed E-state index contributed by atoms with van der Waals surface area (Å²) in [5.41, 5.74) is 0.620. The van der Waals surface area contributed by atoms with Crippen LogP contribution in [0.25, 0.3) is 0 Å². The van der Waals surface area contributed by atoms with E-state index in [1.807, 2.05) is 0 Å². The predicted molar refractivity (Wildman–Crippen MR) is 67.0 cm³/mol. The summed E-state index contributed by atoms with van der Waals surface area (Å²) in [6.07, 6.45) is 0. The highest BCUT2D eigenvalue weighted by molar-refractivity contribution is 5.39. The molecule has 0 bridgehead atoms. The minimum atomic E-state index is -0.865. The number of benzene rings is 1. The van der Waals surface area contributed by atoms with Gasteiger partial charge in [-0.1, -0.05) is 6.07 Å². The second-order valence-corrected chi connectivity index (χ2v) is 3.94. The largest absolute Gasteiger partial charge is 0.481 e. The van der Waals surface area contributed by atoms with E-state index in [2.05, 4.69) is 15.3 Å². The van der Waals surface area contributed by atoms with Gasteiger partial charge in [0.2, 0.25) is 5.88 Å². The molecule has 1 N–H and O–H groups in total. The summed E-state index contributed by atoms with van der Waals surface area (Å²) in [7, 11) is 1.51. The average Bonchev–Trinajstić information content (AvgIpc) is 2.39. The zero-order chi connectivity index (χ0) is 13.8. The maximum atomic E-state index is 13.0. The number of nitrogens with one attached hydrogen (secondary N) is 1. The molecular weight excluding hydrogens is 252 g/mol. The second kappa shape index (κ2) is 5.60. The first-order valence-electron chi connectivity index (χ1n) is 5.66. The molecule has 6 heteroatoms. The van der Waals surface area contributed by atoms with Crippen LogP contribution in [0, 0.1) is 18.6 Å². The molecule has 0 aliphatic rings. The van der Waals surface area contributed by atoms with E-state index in [9.17, 15) is 8.78 Å². The van der Waals surface area contributed by atoms with Crippen molar-refractivity contribution in [1.82, 2.24) is 9.97 Å². The predicted octanol–water partition coefficient (Wildman–Crippen LogP) is 2.68. The molecule has 0 spiro atoms. The number of halogens is 2. The van der Waals surface area contributed by atoms with E-state index in [4.69, 9.17) is 4.74 Å². The van der Waals surface area contributed by atoms with Crippen molar-refractivity contribution >= 4 is 5.82 Å². The Labute approximate surface area is 109 Å². The highest BCUT2D eigenvalue weighted by Gasteiger charge is 2.04. The van der Waals surface area contributed by atoms with Gasteiger partial charge in [-0.25, -0.2) is 13.8 Å². The number of hydrogen-bond donors (Lipinski definition) is 1. The van der Waals surface area contributed by atoms with Crippen LogP contribution in [0.3, 0.4) is 0 Å². The number of aryl methyl sites for hydroxylation is 1. The smallest absolute Gasteiger partial charge is 0.218 e. The number of aromatic nitrogens is 2. The Hall–Kier alpha value is -2.24. The third kappa shape index (κ3) is 3.37. The zero-order valence-electron chi connectivity index (χ0n) is 10.6. The van der Waals surface area contributed by atoms with Crippen LogP contribution in [0.5, 0.6) is 5.88 Å². The molecule has 2 aromatic rings. The van der Waals surface area contributed by atoms with Crippen molar-refractivity contribution < 1.29 is 13.5 Å². The molecule has 0 saturated carbocycles. The molecule has 0 fully saturated rings. The lowest BCUT2D eigenvalue weighted by Gasteiger charge is -2.08. The summed E-state index contributed by atoms with van der Waals surface area (Å²) in [5.74, 6) is -0.152. The highest BCUT2D eigenvalue weighted by Crippen LogP contribution is 2.14. The summed E-state index contributed by atoms with van der Waals surface area (Å²) < 4.78 is 30.8. The Kier molecular flexibility index (Phi) is 3.89. The van der Waals surface area contributed by atoms with Gasteiger partial charge in [0.25, 0.3) is 0 Å². The van der Waals surface area contributed by atoms with E-state index >= 15 is 0 Å². The van der Waals surface area contributed by atoms with E-state index in [1.54, 1.807) is 13.0 Å². The van der Waals surface area contributed by atoms with Crippen LogP contribution in [-0.4, -0.2) is 17.1 Å². The van der Waals surface area contributed by atoms with Gasteiger partial charge in [0.05, 0.1) is 7.11 Å². The molecule has 1 aromatic heterocycles. The number of nitrogens with zero attached hydrogens (tertiary/aromatic N) is 2. The fourth-order valence-electron chi connectivity index (χ4n) is 1.58. The lowest BCUT2D eigenvalue weighted by atomic mass is 10.2. The summed E-state index contributed by atoms with van der Waals surface area (Å²) in [5, 5.41) is 3.00. The molecule has 0 unspecified atom stereocenters. The van der Waals surface area contributed by atoms with Crippen LogP contribution < -0.4 is 10.1 Å². The van der Waals surface area contributed by atoms with E-state index in [1.165, 1.54) is 13.2 Å². The first kappa shape index (κ1) is 13.2. The summed E-state index contributed by atoms with van der Waals surface area (Å²) in [6, 6.07) is 5.38. The van der Waals surface area contributed by atoms with Gasteiger partial charge in [-0.05, 0) is 24.6 Å². The average molecular weight is 265 g/mol. The van der Waals surface area contributed by atoms with Gasteiger partial charge >= 0.3 is 0 Å². The Morgan fingerprint density at radius 3 is 2.63 bits per heavy atom. The third-order valence-electron chi connectivity index (χ3n) is 2.48. The van der Waals surface area contributed by atoms with Crippen LogP contribution in [0.2, 0.25) is 0 Å². The summed E-state index contributed by atoms with van der Waals surface area (Å²) in [4.78, 5) is 8.22.